The van der Waals surface area contributed by atoms with Crippen LogP contribution in [0.3, 0.4) is 0 Å². The van der Waals surface area contributed by atoms with Crippen molar-refractivity contribution in [3.63, 3.8) is 0 Å². The van der Waals surface area contributed by atoms with Gasteiger partial charge in [-0.15, -0.1) is 0 Å². The average Bonchev–Trinajstić information content (AvgIpc) is 2.64. The van der Waals surface area contributed by atoms with E-state index in [1.54, 1.807) is 0 Å². The van der Waals surface area contributed by atoms with E-state index in [0.29, 0.717) is 0 Å². The van der Waals surface area contributed by atoms with Crippen molar-refractivity contribution in [1.82, 2.24) is 0 Å². The lowest BCUT2D eigenvalue weighted by molar-refractivity contribution is 0.328. The lowest BCUT2D eigenvalue weighted by atomic mass is 9.85. The SMILES string of the molecule is CCc1ccc(CCCCCCCCCCC2CCCCC2)cc1. The monoisotopic (exact) mass is 328 g/mol. The summed E-state index contributed by atoms with van der Waals surface area (Å²) in [4.78, 5) is 0. The van der Waals surface area contributed by atoms with E-state index in [0.717, 1.165) is 12.3 Å². The lowest BCUT2D eigenvalue weighted by Gasteiger charge is -2.21. The Bertz CT molecular complexity index is 397. The maximum atomic E-state index is 2.32. The Morgan fingerprint density at radius 3 is 1.83 bits per heavy atom. The van der Waals surface area contributed by atoms with Gasteiger partial charge in [0.2, 0.25) is 0 Å². The number of aryl methyl sites for hydroxylation is 2. The summed E-state index contributed by atoms with van der Waals surface area (Å²) in [6.45, 7) is 2.23. The fourth-order valence-electron chi connectivity index (χ4n) is 4.24. The van der Waals surface area contributed by atoms with Gasteiger partial charge in [0.25, 0.3) is 0 Å². The van der Waals surface area contributed by atoms with Crippen LogP contribution in [0.2, 0.25) is 0 Å². The molecule has 0 N–H and O–H groups in total. The third-order valence-electron chi connectivity index (χ3n) is 5.98. The predicted octanol–water partition coefficient (Wildman–Crippen LogP) is 7.88. The zero-order chi connectivity index (χ0) is 16.9. The van der Waals surface area contributed by atoms with E-state index < -0.39 is 0 Å². The third kappa shape index (κ3) is 8.36. The van der Waals surface area contributed by atoms with Crippen molar-refractivity contribution >= 4 is 0 Å². The van der Waals surface area contributed by atoms with Crippen LogP contribution in [-0.4, -0.2) is 0 Å². The Hall–Kier alpha value is -0.780. The van der Waals surface area contributed by atoms with E-state index in [2.05, 4.69) is 31.2 Å². The van der Waals surface area contributed by atoms with Crippen molar-refractivity contribution in [3.05, 3.63) is 35.4 Å². The van der Waals surface area contributed by atoms with E-state index in [-0.39, 0.29) is 0 Å². The van der Waals surface area contributed by atoms with Gasteiger partial charge in [-0.05, 0) is 36.3 Å². The Morgan fingerprint density at radius 2 is 1.21 bits per heavy atom. The van der Waals surface area contributed by atoms with Crippen LogP contribution in [0.25, 0.3) is 0 Å². The molecule has 0 aliphatic heterocycles. The van der Waals surface area contributed by atoms with Crippen molar-refractivity contribution in [3.8, 4) is 0 Å². The zero-order valence-corrected chi connectivity index (χ0v) is 16.2. The van der Waals surface area contributed by atoms with Crippen molar-refractivity contribution in [2.45, 2.75) is 110 Å². The number of rotatable bonds is 12. The van der Waals surface area contributed by atoms with Gasteiger partial charge in [-0.2, -0.15) is 0 Å². The molecule has 0 saturated heterocycles. The predicted molar refractivity (Wildman–Crippen MR) is 108 cm³/mol. The molecular weight excluding hydrogens is 288 g/mol. The van der Waals surface area contributed by atoms with Gasteiger partial charge >= 0.3 is 0 Å². The second-order valence-corrected chi connectivity index (χ2v) is 8.04. The first-order valence-electron chi connectivity index (χ1n) is 11.0. The number of benzene rings is 1. The number of hydrogen-bond donors (Lipinski definition) is 0. The molecule has 1 saturated carbocycles. The van der Waals surface area contributed by atoms with E-state index in [9.17, 15) is 0 Å². The van der Waals surface area contributed by atoms with Crippen LogP contribution >= 0.6 is 0 Å². The van der Waals surface area contributed by atoms with Gasteiger partial charge in [0.15, 0.2) is 0 Å². The largest absolute Gasteiger partial charge is 0.0613 e. The summed E-state index contributed by atoms with van der Waals surface area (Å²) in [7, 11) is 0. The molecule has 24 heavy (non-hydrogen) atoms. The summed E-state index contributed by atoms with van der Waals surface area (Å²) in [5, 5.41) is 0. The summed E-state index contributed by atoms with van der Waals surface area (Å²) in [6, 6.07) is 9.24. The second-order valence-electron chi connectivity index (χ2n) is 8.04. The fraction of sp³-hybridized carbons (Fsp3) is 0.750. The second kappa shape index (κ2) is 12.6. The molecule has 0 amide bonds. The first-order valence-corrected chi connectivity index (χ1v) is 11.0. The molecule has 1 aromatic rings. The minimum Gasteiger partial charge on any atom is -0.0613 e. The Kier molecular flexibility index (Phi) is 10.2. The summed E-state index contributed by atoms with van der Waals surface area (Å²) in [5.74, 6) is 1.09. The Labute approximate surface area is 151 Å². The highest BCUT2D eigenvalue weighted by Gasteiger charge is 2.12. The smallest absolute Gasteiger partial charge is 0.0279 e. The van der Waals surface area contributed by atoms with Gasteiger partial charge in [-0.1, -0.05) is 115 Å². The third-order valence-corrected chi connectivity index (χ3v) is 5.98. The molecule has 0 spiro atoms. The molecule has 1 aliphatic carbocycles. The lowest BCUT2D eigenvalue weighted by Crippen LogP contribution is -2.05. The van der Waals surface area contributed by atoms with Crippen LogP contribution in [0.15, 0.2) is 24.3 Å². The molecule has 1 fully saturated rings. The Balaban J connectivity index is 1.36. The van der Waals surface area contributed by atoms with Gasteiger partial charge in [0.05, 0.1) is 0 Å². The van der Waals surface area contributed by atoms with Crippen molar-refractivity contribution in [2.24, 2.45) is 5.92 Å². The highest BCUT2D eigenvalue weighted by Crippen LogP contribution is 2.28. The van der Waals surface area contributed by atoms with Crippen LogP contribution in [0, 0.1) is 5.92 Å². The first-order chi connectivity index (χ1) is 11.9. The first kappa shape index (κ1) is 19.5. The van der Waals surface area contributed by atoms with Gasteiger partial charge in [-0.25, -0.2) is 0 Å². The van der Waals surface area contributed by atoms with Crippen molar-refractivity contribution in [1.29, 1.82) is 0 Å². The van der Waals surface area contributed by atoms with E-state index >= 15 is 0 Å². The van der Waals surface area contributed by atoms with E-state index in [4.69, 9.17) is 0 Å². The zero-order valence-electron chi connectivity index (χ0n) is 16.2. The maximum absolute atomic E-state index is 2.32. The van der Waals surface area contributed by atoms with Gasteiger partial charge in [0, 0.05) is 0 Å². The summed E-state index contributed by atoms with van der Waals surface area (Å²) < 4.78 is 0. The van der Waals surface area contributed by atoms with Gasteiger partial charge in [-0.3, -0.25) is 0 Å². The molecule has 0 aromatic heterocycles. The van der Waals surface area contributed by atoms with Crippen LogP contribution in [0.1, 0.15) is 108 Å². The summed E-state index contributed by atoms with van der Waals surface area (Å²) in [5.41, 5.74) is 2.98. The molecule has 0 radical (unpaired) electrons. The van der Waals surface area contributed by atoms with Gasteiger partial charge < -0.3 is 0 Å². The maximum Gasteiger partial charge on any atom is -0.0279 e. The van der Waals surface area contributed by atoms with Crippen molar-refractivity contribution in [2.75, 3.05) is 0 Å². The fourth-order valence-corrected chi connectivity index (χ4v) is 4.24. The summed E-state index contributed by atoms with van der Waals surface area (Å²) >= 11 is 0. The molecule has 2 rings (SSSR count). The molecule has 1 aliphatic rings. The average molecular weight is 329 g/mol. The topological polar surface area (TPSA) is 0 Å². The molecule has 0 unspecified atom stereocenters. The Morgan fingerprint density at radius 1 is 0.667 bits per heavy atom. The highest BCUT2D eigenvalue weighted by atomic mass is 14.2. The van der Waals surface area contributed by atoms with Crippen molar-refractivity contribution < 1.29 is 0 Å². The van der Waals surface area contributed by atoms with E-state index in [1.807, 2.05) is 0 Å². The van der Waals surface area contributed by atoms with Crippen LogP contribution in [-0.2, 0) is 12.8 Å². The van der Waals surface area contributed by atoms with Crippen LogP contribution < -0.4 is 0 Å². The van der Waals surface area contributed by atoms with Crippen LogP contribution in [0.4, 0.5) is 0 Å². The molecular formula is C24H40. The highest BCUT2D eigenvalue weighted by molar-refractivity contribution is 5.22. The summed E-state index contributed by atoms with van der Waals surface area (Å²) in [6.07, 6.45) is 23.1. The minimum atomic E-state index is 1.09. The molecule has 0 heterocycles. The molecule has 0 bridgehead atoms. The van der Waals surface area contributed by atoms with E-state index in [1.165, 1.54) is 107 Å². The van der Waals surface area contributed by atoms with Crippen LogP contribution in [0.5, 0.6) is 0 Å². The van der Waals surface area contributed by atoms with Gasteiger partial charge in [0.1, 0.15) is 0 Å². The molecule has 136 valence electrons. The quantitative estimate of drug-likeness (QED) is 0.342. The molecule has 1 aromatic carbocycles. The number of unbranched alkanes of at least 4 members (excludes halogenated alkanes) is 7. The molecule has 0 heteroatoms. The number of hydrogen-bond acceptors (Lipinski definition) is 0. The normalized spacial score (nSPS) is 15.7. The standard InChI is InChI=1S/C24H40/c1-2-22-18-20-24(21-19-22)17-11-8-6-4-3-5-7-10-14-23-15-12-9-13-16-23/h18-21,23H,2-17H2,1H3. The minimum absolute atomic E-state index is 1.09. The molecule has 0 nitrogen and oxygen atoms in total. The molecule has 0 atom stereocenters.